The number of anilines is 1. The Bertz CT molecular complexity index is 549. The van der Waals surface area contributed by atoms with Crippen LogP contribution >= 0.6 is 15.9 Å². The first-order valence-electron chi connectivity index (χ1n) is 5.75. The van der Waals surface area contributed by atoms with E-state index in [0.29, 0.717) is 4.47 Å². The molecule has 0 bridgehead atoms. The van der Waals surface area contributed by atoms with Crippen molar-refractivity contribution in [2.75, 3.05) is 5.32 Å². The SMILES string of the molecule is CC(CC(F)(F)F)NC(=O)Nc1cc(Br)cc(C(=O)O)c1. The molecule has 21 heavy (non-hydrogen) atoms. The Balaban J connectivity index is 2.69. The van der Waals surface area contributed by atoms with Gasteiger partial charge in [0.2, 0.25) is 0 Å². The van der Waals surface area contributed by atoms with Crippen LogP contribution in [0.25, 0.3) is 0 Å². The summed E-state index contributed by atoms with van der Waals surface area (Å²) in [5, 5.41) is 13.3. The molecule has 2 amide bonds. The summed E-state index contributed by atoms with van der Waals surface area (Å²) >= 11 is 3.08. The summed E-state index contributed by atoms with van der Waals surface area (Å²) in [6.07, 6.45) is -5.53. The van der Waals surface area contributed by atoms with Gasteiger partial charge >= 0.3 is 18.2 Å². The number of urea groups is 1. The number of carboxylic acid groups (broad SMARTS) is 1. The van der Waals surface area contributed by atoms with Crippen molar-refractivity contribution in [2.45, 2.75) is 25.6 Å². The van der Waals surface area contributed by atoms with E-state index < -0.39 is 30.6 Å². The van der Waals surface area contributed by atoms with Crippen LogP contribution in [-0.4, -0.2) is 29.3 Å². The third kappa shape index (κ3) is 6.48. The monoisotopic (exact) mass is 368 g/mol. The number of hydrogen-bond acceptors (Lipinski definition) is 2. The summed E-state index contributed by atoms with van der Waals surface area (Å²) in [6.45, 7) is 1.22. The maximum atomic E-state index is 12.1. The zero-order valence-electron chi connectivity index (χ0n) is 10.8. The van der Waals surface area contributed by atoms with Crippen LogP contribution in [0.2, 0.25) is 0 Å². The number of nitrogens with one attached hydrogen (secondary N) is 2. The molecule has 0 aromatic heterocycles. The fourth-order valence-electron chi connectivity index (χ4n) is 1.57. The van der Waals surface area contributed by atoms with Crippen LogP contribution in [0.5, 0.6) is 0 Å². The fraction of sp³-hybridized carbons (Fsp3) is 0.333. The topological polar surface area (TPSA) is 78.4 Å². The molecule has 5 nitrogen and oxygen atoms in total. The average Bonchev–Trinajstić information content (AvgIpc) is 2.24. The van der Waals surface area contributed by atoms with Gasteiger partial charge in [0.15, 0.2) is 0 Å². The van der Waals surface area contributed by atoms with Crippen LogP contribution in [0.1, 0.15) is 23.7 Å². The molecular formula is C12H12BrF3N2O3. The molecule has 3 N–H and O–H groups in total. The quantitative estimate of drug-likeness (QED) is 0.759. The van der Waals surface area contributed by atoms with Gasteiger partial charge in [-0.1, -0.05) is 15.9 Å². The van der Waals surface area contributed by atoms with Gasteiger partial charge in [-0.3, -0.25) is 0 Å². The highest BCUT2D eigenvalue weighted by Gasteiger charge is 2.30. The van der Waals surface area contributed by atoms with Crippen LogP contribution in [0.4, 0.5) is 23.7 Å². The number of carboxylic acids is 1. The van der Waals surface area contributed by atoms with Gasteiger partial charge < -0.3 is 15.7 Å². The average molecular weight is 369 g/mol. The van der Waals surface area contributed by atoms with Crippen molar-refractivity contribution in [1.82, 2.24) is 5.32 Å². The van der Waals surface area contributed by atoms with E-state index in [1.165, 1.54) is 25.1 Å². The molecule has 0 radical (unpaired) electrons. The standard InChI is InChI=1S/C12H12BrF3N2O3/c1-6(5-12(14,15)16)17-11(21)18-9-3-7(10(19)20)2-8(13)4-9/h2-4,6H,5H2,1H3,(H,19,20)(H2,17,18,21). The first-order chi connectivity index (χ1) is 9.56. The summed E-state index contributed by atoms with van der Waals surface area (Å²) in [6, 6.07) is 2.01. The summed E-state index contributed by atoms with van der Waals surface area (Å²) in [5.74, 6) is -1.19. The molecule has 0 aliphatic rings. The van der Waals surface area contributed by atoms with Crippen molar-refractivity contribution in [3.05, 3.63) is 28.2 Å². The molecule has 9 heteroatoms. The summed E-state index contributed by atoms with van der Waals surface area (Å²) in [5.41, 5.74) is 0.0847. The smallest absolute Gasteiger partial charge is 0.391 e. The van der Waals surface area contributed by atoms with Gasteiger partial charge in [0.1, 0.15) is 0 Å². The van der Waals surface area contributed by atoms with Crippen molar-refractivity contribution in [2.24, 2.45) is 0 Å². The van der Waals surface area contributed by atoms with Gasteiger partial charge in [-0.15, -0.1) is 0 Å². The van der Waals surface area contributed by atoms with E-state index in [-0.39, 0.29) is 11.3 Å². The van der Waals surface area contributed by atoms with Gasteiger partial charge in [-0.05, 0) is 25.1 Å². The van der Waals surface area contributed by atoms with E-state index in [1.807, 2.05) is 0 Å². The normalized spacial score (nSPS) is 12.6. The molecule has 0 spiro atoms. The lowest BCUT2D eigenvalue weighted by Crippen LogP contribution is -2.38. The molecular weight excluding hydrogens is 357 g/mol. The maximum absolute atomic E-state index is 12.1. The Hall–Kier alpha value is -1.77. The highest BCUT2D eigenvalue weighted by atomic mass is 79.9. The van der Waals surface area contributed by atoms with Crippen LogP contribution in [0, 0.1) is 0 Å². The maximum Gasteiger partial charge on any atom is 0.391 e. The second-order valence-corrected chi connectivity index (χ2v) is 5.27. The lowest BCUT2D eigenvalue weighted by molar-refractivity contribution is -0.138. The number of benzene rings is 1. The Labute approximate surface area is 126 Å². The van der Waals surface area contributed by atoms with Crippen LogP contribution in [0.3, 0.4) is 0 Å². The number of rotatable bonds is 4. The van der Waals surface area contributed by atoms with Crippen molar-refractivity contribution < 1.29 is 27.9 Å². The van der Waals surface area contributed by atoms with Crippen molar-refractivity contribution >= 4 is 33.6 Å². The Morgan fingerprint density at radius 3 is 2.48 bits per heavy atom. The van der Waals surface area contributed by atoms with Gasteiger partial charge in [0.05, 0.1) is 12.0 Å². The summed E-state index contributed by atoms with van der Waals surface area (Å²) < 4.78 is 36.8. The van der Waals surface area contributed by atoms with Gasteiger partial charge in [-0.25, -0.2) is 9.59 Å². The fourth-order valence-corrected chi connectivity index (χ4v) is 2.07. The highest BCUT2D eigenvalue weighted by Crippen LogP contribution is 2.22. The number of carbonyl (C=O) groups is 2. The number of carbonyl (C=O) groups excluding carboxylic acids is 1. The minimum absolute atomic E-state index is 0.0667. The van der Waals surface area contributed by atoms with E-state index in [9.17, 15) is 22.8 Å². The van der Waals surface area contributed by atoms with Crippen molar-refractivity contribution in [1.29, 1.82) is 0 Å². The van der Waals surface area contributed by atoms with Crippen molar-refractivity contribution in [3.8, 4) is 0 Å². The Morgan fingerprint density at radius 1 is 1.33 bits per heavy atom. The number of halogens is 4. The lowest BCUT2D eigenvalue weighted by Gasteiger charge is -2.16. The molecule has 0 saturated carbocycles. The largest absolute Gasteiger partial charge is 0.478 e. The molecule has 1 aromatic carbocycles. The summed E-state index contributed by atoms with van der Waals surface area (Å²) in [7, 11) is 0. The van der Waals surface area contributed by atoms with E-state index >= 15 is 0 Å². The molecule has 1 aromatic rings. The minimum Gasteiger partial charge on any atom is -0.478 e. The number of alkyl halides is 3. The molecule has 0 saturated heterocycles. The van der Waals surface area contributed by atoms with Gasteiger partial charge in [-0.2, -0.15) is 13.2 Å². The zero-order chi connectivity index (χ0) is 16.2. The molecule has 1 rings (SSSR count). The Kier molecular flexibility index (Phi) is 5.59. The van der Waals surface area contributed by atoms with E-state index in [0.717, 1.165) is 0 Å². The van der Waals surface area contributed by atoms with E-state index in [2.05, 4.69) is 26.6 Å². The molecule has 0 fully saturated rings. The predicted octanol–water partition coefficient (Wildman–Crippen LogP) is 3.61. The number of aromatic carboxylic acids is 1. The van der Waals surface area contributed by atoms with Crippen LogP contribution in [-0.2, 0) is 0 Å². The second kappa shape index (κ2) is 6.79. The predicted molar refractivity (Wildman–Crippen MR) is 73.4 cm³/mol. The van der Waals surface area contributed by atoms with Crippen LogP contribution < -0.4 is 10.6 Å². The van der Waals surface area contributed by atoms with E-state index in [4.69, 9.17) is 5.11 Å². The molecule has 1 atom stereocenters. The zero-order valence-corrected chi connectivity index (χ0v) is 12.4. The molecule has 0 heterocycles. The molecule has 1 unspecified atom stereocenters. The molecule has 116 valence electrons. The Morgan fingerprint density at radius 2 is 1.95 bits per heavy atom. The van der Waals surface area contributed by atoms with Gasteiger partial charge in [0, 0.05) is 16.2 Å². The highest BCUT2D eigenvalue weighted by molar-refractivity contribution is 9.10. The molecule has 0 aliphatic carbocycles. The van der Waals surface area contributed by atoms with Crippen LogP contribution in [0.15, 0.2) is 22.7 Å². The second-order valence-electron chi connectivity index (χ2n) is 4.35. The number of hydrogen-bond donors (Lipinski definition) is 3. The third-order valence-corrected chi connectivity index (χ3v) is 2.78. The first kappa shape index (κ1) is 17.3. The lowest BCUT2D eigenvalue weighted by atomic mass is 10.2. The number of amides is 2. The minimum atomic E-state index is -4.38. The van der Waals surface area contributed by atoms with E-state index in [1.54, 1.807) is 0 Å². The third-order valence-electron chi connectivity index (χ3n) is 2.32. The van der Waals surface area contributed by atoms with Gasteiger partial charge in [0.25, 0.3) is 0 Å². The summed E-state index contributed by atoms with van der Waals surface area (Å²) in [4.78, 5) is 22.4. The van der Waals surface area contributed by atoms with Crippen molar-refractivity contribution in [3.63, 3.8) is 0 Å². The first-order valence-corrected chi connectivity index (χ1v) is 6.54. The molecule has 0 aliphatic heterocycles.